The Balaban J connectivity index is 2.85. The zero-order chi connectivity index (χ0) is 4.28. The number of hydrogen-bond acceptors (Lipinski definition) is 1. The standard InChI is InChI=1S/C2H2IO2/c3-1-2(4)5/h1H,(H,4,5). The van der Waals surface area contributed by atoms with Crippen LogP contribution in [0.4, 0.5) is 0 Å². The molecule has 5 heavy (non-hydrogen) atoms. The molecule has 0 aliphatic rings. The lowest BCUT2D eigenvalue weighted by molar-refractivity contribution is -0.131. The number of carboxylic acid groups (broad SMARTS) is 1. The van der Waals surface area contributed by atoms with Crippen molar-refractivity contribution in [1.82, 2.24) is 0 Å². The summed E-state index contributed by atoms with van der Waals surface area (Å²) in [4.78, 5) is 9.30. The topological polar surface area (TPSA) is 37.3 Å². The predicted molar refractivity (Wildman–Crippen MR) is 26.0 cm³/mol. The number of rotatable bonds is 1. The molecule has 0 spiro atoms. The molecule has 1 N–H and O–H groups in total. The lowest BCUT2D eigenvalue weighted by atomic mass is 10.9. The lowest BCUT2D eigenvalue weighted by Gasteiger charge is -1.69. The fourth-order valence-corrected chi connectivity index (χ4v) is 0. The van der Waals surface area contributed by atoms with E-state index in [0.29, 0.717) is 0 Å². The van der Waals surface area contributed by atoms with E-state index in [1.807, 2.05) is 0 Å². The highest BCUT2D eigenvalue weighted by atomic mass is 127. The van der Waals surface area contributed by atoms with E-state index < -0.39 is 5.97 Å². The second-order valence-corrected chi connectivity index (χ2v) is 1.07. The van der Waals surface area contributed by atoms with Gasteiger partial charge in [0.1, 0.15) is 4.43 Å². The molecule has 0 aromatic rings. The number of halogens is 1. The first-order valence-electron chi connectivity index (χ1n) is 0.935. The maximum absolute atomic E-state index is 9.30. The van der Waals surface area contributed by atoms with E-state index in [1.54, 1.807) is 22.6 Å². The number of aliphatic carboxylic acids is 1. The molecule has 0 aromatic heterocycles. The highest BCUT2D eigenvalue weighted by molar-refractivity contribution is 14.1. The van der Waals surface area contributed by atoms with Crippen molar-refractivity contribution in [2.75, 3.05) is 0 Å². The van der Waals surface area contributed by atoms with E-state index >= 15 is 0 Å². The Morgan fingerprint density at radius 1 is 2.00 bits per heavy atom. The molecule has 0 aliphatic heterocycles. The van der Waals surface area contributed by atoms with Crippen molar-refractivity contribution in [3.8, 4) is 0 Å². The van der Waals surface area contributed by atoms with Gasteiger partial charge >= 0.3 is 5.97 Å². The summed E-state index contributed by atoms with van der Waals surface area (Å²) in [6, 6.07) is 0. The van der Waals surface area contributed by atoms with Crippen LogP contribution >= 0.6 is 22.6 Å². The molecule has 0 fully saturated rings. The minimum Gasteiger partial charge on any atom is -0.480 e. The van der Waals surface area contributed by atoms with Crippen LogP contribution in [0, 0.1) is 4.43 Å². The molecule has 0 saturated carbocycles. The summed E-state index contributed by atoms with van der Waals surface area (Å²) in [5.74, 6) is -0.884. The Labute approximate surface area is 43.3 Å². The largest absolute Gasteiger partial charge is 0.480 e. The molecule has 0 aromatic carbocycles. The van der Waals surface area contributed by atoms with Crippen molar-refractivity contribution in [2.45, 2.75) is 0 Å². The van der Waals surface area contributed by atoms with Gasteiger partial charge in [-0.1, -0.05) is 22.6 Å². The molecule has 0 rings (SSSR count). The second-order valence-electron chi connectivity index (χ2n) is 0.447. The van der Waals surface area contributed by atoms with Gasteiger partial charge < -0.3 is 5.11 Å². The van der Waals surface area contributed by atoms with Crippen LogP contribution in [0.3, 0.4) is 0 Å². The van der Waals surface area contributed by atoms with Gasteiger partial charge in [-0.15, -0.1) is 0 Å². The fourth-order valence-electron chi connectivity index (χ4n) is 0. The Hall–Kier alpha value is 0.200. The van der Waals surface area contributed by atoms with Gasteiger partial charge in [-0.2, -0.15) is 0 Å². The average molecular weight is 185 g/mol. The lowest BCUT2D eigenvalue weighted by Crippen LogP contribution is -1.85. The molecule has 0 amide bonds. The minimum absolute atomic E-state index is 0.884. The third-order valence-corrected chi connectivity index (χ3v) is 0.626. The summed E-state index contributed by atoms with van der Waals surface area (Å²) in [7, 11) is 0. The third-order valence-electron chi connectivity index (χ3n) is 0.0933. The normalized spacial score (nSPS) is 7.40. The number of carbonyl (C=O) groups is 1. The first-order valence-corrected chi connectivity index (χ1v) is 2.18. The minimum atomic E-state index is -0.884. The van der Waals surface area contributed by atoms with Gasteiger partial charge in [-0.05, 0) is 0 Å². The highest BCUT2D eigenvalue weighted by Crippen LogP contribution is 1.84. The molecule has 0 unspecified atom stereocenters. The van der Waals surface area contributed by atoms with Crippen molar-refractivity contribution in [3.05, 3.63) is 4.43 Å². The molecule has 0 aliphatic carbocycles. The van der Waals surface area contributed by atoms with Gasteiger partial charge in [0.15, 0.2) is 0 Å². The van der Waals surface area contributed by atoms with Crippen LogP contribution < -0.4 is 0 Å². The highest BCUT2D eigenvalue weighted by Gasteiger charge is 1.84. The molecule has 0 atom stereocenters. The van der Waals surface area contributed by atoms with Crippen LogP contribution in [-0.2, 0) is 4.79 Å². The molecular weight excluding hydrogens is 183 g/mol. The zero-order valence-corrected chi connectivity index (χ0v) is 4.47. The molecule has 0 saturated heterocycles. The summed E-state index contributed by atoms with van der Waals surface area (Å²) < 4.78 is 1.05. The van der Waals surface area contributed by atoms with E-state index in [1.165, 1.54) is 0 Å². The molecule has 2 nitrogen and oxygen atoms in total. The molecule has 0 bridgehead atoms. The first kappa shape index (κ1) is 5.20. The first-order chi connectivity index (χ1) is 2.27. The van der Waals surface area contributed by atoms with Gasteiger partial charge in [0.25, 0.3) is 0 Å². The number of carboxylic acids is 1. The van der Waals surface area contributed by atoms with Crippen LogP contribution in [0.25, 0.3) is 0 Å². The Morgan fingerprint density at radius 3 is 2.20 bits per heavy atom. The maximum atomic E-state index is 9.30. The molecule has 29 valence electrons. The van der Waals surface area contributed by atoms with Crippen LogP contribution in [0.2, 0.25) is 0 Å². The fraction of sp³-hybridized carbons (Fsp3) is 0. The van der Waals surface area contributed by atoms with E-state index in [2.05, 4.69) is 0 Å². The van der Waals surface area contributed by atoms with Crippen molar-refractivity contribution in [2.24, 2.45) is 0 Å². The summed E-state index contributed by atoms with van der Waals surface area (Å²) >= 11 is 1.65. The van der Waals surface area contributed by atoms with Crippen LogP contribution in [0.15, 0.2) is 0 Å². The average Bonchev–Trinajstić information content (AvgIpc) is 1.38. The van der Waals surface area contributed by atoms with Gasteiger partial charge in [-0.25, -0.2) is 0 Å². The third kappa shape index (κ3) is 4.20. The molecular formula is C2H2IO2. The number of hydrogen-bond donors (Lipinski definition) is 1. The molecule has 1 radical (unpaired) electrons. The quantitative estimate of drug-likeness (QED) is 0.609. The van der Waals surface area contributed by atoms with Crippen LogP contribution in [-0.4, -0.2) is 11.1 Å². The predicted octanol–water partition coefficient (Wildman–Crippen LogP) is 0.668. The van der Waals surface area contributed by atoms with E-state index in [4.69, 9.17) is 5.11 Å². The monoisotopic (exact) mass is 185 g/mol. The van der Waals surface area contributed by atoms with Crippen molar-refractivity contribution in [1.29, 1.82) is 0 Å². The van der Waals surface area contributed by atoms with Gasteiger partial charge in [0.05, 0.1) is 0 Å². The van der Waals surface area contributed by atoms with Crippen LogP contribution in [0.1, 0.15) is 0 Å². The van der Waals surface area contributed by atoms with Crippen molar-refractivity contribution >= 4 is 28.6 Å². The van der Waals surface area contributed by atoms with Gasteiger partial charge in [-0.3, -0.25) is 4.79 Å². The molecule has 0 heterocycles. The van der Waals surface area contributed by atoms with E-state index in [-0.39, 0.29) is 0 Å². The Kier molecular flexibility index (Phi) is 2.54. The van der Waals surface area contributed by atoms with E-state index in [0.717, 1.165) is 4.43 Å². The van der Waals surface area contributed by atoms with Crippen LogP contribution in [0.5, 0.6) is 0 Å². The second kappa shape index (κ2) is 2.44. The molecule has 3 heteroatoms. The zero-order valence-electron chi connectivity index (χ0n) is 2.31. The van der Waals surface area contributed by atoms with Crippen molar-refractivity contribution < 1.29 is 9.90 Å². The Bertz CT molecular complexity index is 42.9. The maximum Gasteiger partial charge on any atom is 0.318 e. The van der Waals surface area contributed by atoms with E-state index in [9.17, 15) is 4.79 Å². The smallest absolute Gasteiger partial charge is 0.318 e. The summed E-state index contributed by atoms with van der Waals surface area (Å²) in [5.41, 5.74) is 0. The summed E-state index contributed by atoms with van der Waals surface area (Å²) in [6.45, 7) is 0. The SMILES string of the molecule is O=C(O)[CH]I. The van der Waals surface area contributed by atoms with Gasteiger partial charge in [0.2, 0.25) is 0 Å². The summed E-state index contributed by atoms with van der Waals surface area (Å²) in [5, 5.41) is 7.66. The Morgan fingerprint density at radius 2 is 2.20 bits per heavy atom. The summed E-state index contributed by atoms with van der Waals surface area (Å²) in [6.07, 6.45) is 0. The van der Waals surface area contributed by atoms with Gasteiger partial charge in [0, 0.05) is 0 Å². The van der Waals surface area contributed by atoms with Crippen molar-refractivity contribution in [3.63, 3.8) is 0 Å².